The van der Waals surface area contributed by atoms with Crippen LogP contribution in [-0.2, 0) is 0 Å². The molecule has 0 aromatic heterocycles. The van der Waals surface area contributed by atoms with Crippen LogP contribution in [0, 0.1) is 9.49 Å². The molecule has 1 aliphatic rings. The van der Waals surface area contributed by atoms with Crippen molar-refractivity contribution in [3.63, 3.8) is 0 Å². The summed E-state index contributed by atoms with van der Waals surface area (Å²) >= 11 is 2.34. The van der Waals surface area contributed by atoms with Crippen LogP contribution in [0.3, 0.4) is 0 Å². The zero-order valence-electron chi connectivity index (χ0n) is 7.95. The molecule has 0 aliphatic heterocycles. The fraction of sp³-hybridized carbons (Fsp3) is 0.455. The number of hydrogen-bond donors (Lipinski definition) is 1. The van der Waals surface area contributed by atoms with Gasteiger partial charge in [-0.15, -0.1) is 12.4 Å². The molecule has 0 amide bonds. The highest BCUT2D eigenvalue weighted by Gasteiger charge is 2.25. The summed E-state index contributed by atoms with van der Waals surface area (Å²) in [7, 11) is 0. The molecule has 0 radical (unpaired) electrons. The van der Waals surface area contributed by atoms with Crippen LogP contribution in [0.2, 0.25) is 0 Å². The van der Waals surface area contributed by atoms with Gasteiger partial charge >= 0.3 is 0 Å². The first kappa shape index (κ1) is 12.3. The second-order valence-electron chi connectivity index (χ2n) is 3.77. The van der Waals surface area contributed by atoms with Crippen LogP contribution in [0.4, 0.5) is 0 Å². The van der Waals surface area contributed by atoms with E-state index in [2.05, 4.69) is 46.9 Å². The molecule has 1 fully saturated rings. The molecule has 1 nitrogen and oxygen atoms in total. The third-order valence-corrected chi connectivity index (χ3v) is 3.56. The Kier molecular flexibility index (Phi) is 4.67. The van der Waals surface area contributed by atoms with Crippen molar-refractivity contribution in [3.05, 3.63) is 33.4 Å². The Morgan fingerprint density at radius 3 is 2.57 bits per heavy atom. The fourth-order valence-electron chi connectivity index (χ4n) is 1.79. The van der Waals surface area contributed by atoms with Gasteiger partial charge in [-0.2, -0.15) is 0 Å². The van der Waals surface area contributed by atoms with E-state index in [4.69, 9.17) is 5.73 Å². The largest absolute Gasteiger partial charge is 0.324 e. The van der Waals surface area contributed by atoms with Gasteiger partial charge < -0.3 is 5.73 Å². The van der Waals surface area contributed by atoms with Crippen molar-refractivity contribution in [2.24, 2.45) is 11.7 Å². The third kappa shape index (κ3) is 2.61. The van der Waals surface area contributed by atoms with Gasteiger partial charge in [0.2, 0.25) is 0 Å². The number of halogens is 2. The number of rotatable bonds is 2. The molecule has 1 atom stereocenters. The van der Waals surface area contributed by atoms with Crippen molar-refractivity contribution in [2.45, 2.75) is 25.3 Å². The van der Waals surface area contributed by atoms with Crippen LogP contribution in [0.25, 0.3) is 0 Å². The molecular weight excluding hydrogens is 308 g/mol. The molecule has 3 heteroatoms. The van der Waals surface area contributed by atoms with E-state index in [0.29, 0.717) is 0 Å². The summed E-state index contributed by atoms with van der Waals surface area (Å²) in [6, 6.07) is 8.81. The Morgan fingerprint density at radius 2 is 2.07 bits per heavy atom. The summed E-state index contributed by atoms with van der Waals surface area (Å²) in [6.45, 7) is 0. The molecular formula is C11H15ClIN. The molecule has 1 saturated carbocycles. The third-order valence-electron chi connectivity index (χ3n) is 2.89. The number of benzene rings is 1. The number of hydrogen-bond acceptors (Lipinski definition) is 1. The summed E-state index contributed by atoms with van der Waals surface area (Å²) in [4.78, 5) is 0. The second-order valence-corrected chi connectivity index (χ2v) is 5.02. The Morgan fingerprint density at radius 1 is 1.36 bits per heavy atom. The standard InChI is InChI=1S/C11H14IN.ClH/c12-10-6-2-5-9(7-10)11(13)8-3-1-4-8;/h2,5-8,11H,1,3-4,13H2;1H/t11-;/m0./s1. The van der Waals surface area contributed by atoms with E-state index in [1.165, 1.54) is 28.4 Å². The van der Waals surface area contributed by atoms with Crippen molar-refractivity contribution in [1.82, 2.24) is 0 Å². The summed E-state index contributed by atoms with van der Waals surface area (Å²) < 4.78 is 1.28. The lowest BCUT2D eigenvalue weighted by Crippen LogP contribution is -2.26. The average Bonchev–Trinajstić information content (AvgIpc) is 2.01. The maximum absolute atomic E-state index is 6.17. The monoisotopic (exact) mass is 323 g/mol. The maximum atomic E-state index is 6.17. The highest BCUT2D eigenvalue weighted by molar-refractivity contribution is 14.1. The topological polar surface area (TPSA) is 26.0 Å². The van der Waals surface area contributed by atoms with Gasteiger partial charge in [-0.1, -0.05) is 18.6 Å². The van der Waals surface area contributed by atoms with Gasteiger partial charge in [0.25, 0.3) is 0 Å². The Balaban J connectivity index is 0.000000980. The van der Waals surface area contributed by atoms with Crippen molar-refractivity contribution in [1.29, 1.82) is 0 Å². The molecule has 1 aliphatic carbocycles. The molecule has 0 heterocycles. The zero-order valence-corrected chi connectivity index (χ0v) is 10.9. The highest BCUT2D eigenvalue weighted by Crippen LogP contribution is 2.36. The normalized spacial score (nSPS) is 18.1. The minimum absolute atomic E-state index is 0. The summed E-state index contributed by atoms with van der Waals surface area (Å²) in [5.41, 5.74) is 7.47. The molecule has 14 heavy (non-hydrogen) atoms. The Labute approximate surface area is 105 Å². The molecule has 0 saturated heterocycles. The first-order valence-corrected chi connectivity index (χ1v) is 5.86. The van der Waals surface area contributed by atoms with E-state index in [0.717, 1.165) is 5.92 Å². The van der Waals surface area contributed by atoms with Gasteiger partial charge in [0, 0.05) is 9.61 Å². The van der Waals surface area contributed by atoms with Crippen LogP contribution < -0.4 is 5.73 Å². The van der Waals surface area contributed by atoms with Gasteiger partial charge in [-0.25, -0.2) is 0 Å². The minimum Gasteiger partial charge on any atom is -0.324 e. The highest BCUT2D eigenvalue weighted by atomic mass is 127. The van der Waals surface area contributed by atoms with Crippen molar-refractivity contribution in [2.75, 3.05) is 0 Å². The summed E-state index contributed by atoms with van der Waals surface area (Å²) in [6.07, 6.45) is 3.99. The molecule has 78 valence electrons. The van der Waals surface area contributed by atoms with Crippen LogP contribution in [0.5, 0.6) is 0 Å². The van der Waals surface area contributed by atoms with Crippen LogP contribution >= 0.6 is 35.0 Å². The summed E-state index contributed by atoms with van der Waals surface area (Å²) in [5, 5.41) is 0. The smallest absolute Gasteiger partial charge is 0.0323 e. The van der Waals surface area contributed by atoms with E-state index in [1.807, 2.05) is 0 Å². The predicted molar refractivity (Wildman–Crippen MR) is 70.7 cm³/mol. The lowest BCUT2D eigenvalue weighted by molar-refractivity contribution is 0.264. The van der Waals surface area contributed by atoms with Gasteiger partial charge in [0.15, 0.2) is 0 Å². The van der Waals surface area contributed by atoms with E-state index in [9.17, 15) is 0 Å². The van der Waals surface area contributed by atoms with Crippen LogP contribution in [0.1, 0.15) is 30.9 Å². The van der Waals surface area contributed by atoms with Crippen LogP contribution in [0.15, 0.2) is 24.3 Å². The van der Waals surface area contributed by atoms with Crippen LogP contribution in [-0.4, -0.2) is 0 Å². The van der Waals surface area contributed by atoms with Gasteiger partial charge in [0.05, 0.1) is 0 Å². The van der Waals surface area contributed by atoms with E-state index >= 15 is 0 Å². The zero-order chi connectivity index (χ0) is 9.26. The number of nitrogens with two attached hydrogens (primary N) is 1. The molecule has 0 unspecified atom stereocenters. The molecule has 2 N–H and O–H groups in total. The Bertz CT molecular complexity index is 299. The minimum atomic E-state index is 0. The van der Waals surface area contributed by atoms with Crippen molar-refractivity contribution < 1.29 is 0 Å². The molecule has 2 rings (SSSR count). The molecule has 1 aromatic rings. The van der Waals surface area contributed by atoms with E-state index in [1.54, 1.807) is 0 Å². The van der Waals surface area contributed by atoms with Gasteiger partial charge in [-0.05, 0) is 59.0 Å². The molecule has 0 bridgehead atoms. The fourth-order valence-corrected chi connectivity index (χ4v) is 2.35. The second kappa shape index (κ2) is 5.33. The maximum Gasteiger partial charge on any atom is 0.0323 e. The first-order valence-electron chi connectivity index (χ1n) is 4.78. The quantitative estimate of drug-likeness (QED) is 0.828. The van der Waals surface area contributed by atoms with E-state index in [-0.39, 0.29) is 18.4 Å². The lowest BCUT2D eigenvalue weighted by Gasteiger charge is -2.31. The lowest BCUT2D eigenvalue weighted by atomic mass is 9.78. The van der Waals surface area contributed by atoms with E-state index < -0.39 is 0 Å². The molecule has 1 aromatic carbocycles. The predicted octanol–water partition coefficient (Wildman–Crippen LogP) is 3.51. The summed E-state index contributed by atoms with van der Waals surface area (Å²) in [5.74, 6) is 0.734. The Hall–Kier alpha value is 0.200. The van der Waals surface area contributed by atoms with Gasteiger partial charge in [-0.3, -0.25) is 0 Å². The first-order chi connectivity index (χ1) is 6.27. The van der Waals surface area contributed by atoms with Crippen molar-refractivity contribution in [3.8, 4) is 0 Å². The SMILES string of the molecule is Cl.N[C@H](c1cccc(I)c1)C1CCC1. The van der Waals surface area contributed by atoms with Gasteiger partial charge in [0.1, 0.15) is 0 Å². The average molecular weight is 324 g/mol. The molecule has 0 spiro atoms. The van der Waals surface area contributed by atoms with Crippen molar-refractivity contribution >= 4 is 35.0 Å².